The van der Waals surface area contributed by atoms with Gasteiger partial charge in [-0.2, -0.15) is 0 Å². The first-order chi connectivity index (χ1) is 10.1. The largest absolute Gasteiger partial charge is 0.508 e. The number of ether oxygens (including phenoxy) is 2. The molecule has 0 atom stereocenters. The monoisotopic (exact) mass is 286 g/mol. The Bertz CT molecular complexity index is 734. The second-order valence-corrected chi connectivity index (χ2v) is 4.69. The molecule has 5 nitrogen and oxygen atoms in total. The van der Waals surface area contributed by atoms with Gasteiger partial charge in [0, 0.05) is 22.8 Å². The minimum Gasteiger partial charge on any atom is -0.508 e. The van der Waals surface area contributed by atoms with Gasteiger partial charge in [-0.05, 0) is 30.3 Å². The second-order valence-electron chi connectivity index (χ2n) is 4.69. The first kappa shape index (κ1) is 13.2. The van der Waals surface area contributed by atoms with Crippen molar-refractivity contribution in [2.75, 3.05) is 13.7 Å². The lowest BCUT2D eigenvalue weighted by atomic mass is 9.99. The third kappa shape index (κ3) is 2.23. The molecule has 21 heavy (non-hydrogen) atoms. The summed E-state index contributed by atoms with van der Waals surface area (Å²) in [6, 6.07) is 8.07. The summed E-state index contributed by atoms with van der Waals surface area (Å²) in [5.74, 6) is 0.379. The second kappa shape index (κ2) is 4.94. The number of aromatic hydroxyl groups is 3. The van der Waals surface area contributed by atoms with Crippen LogP contribution in [0.5, 0.6) is 28.7 Å². The number of hydrogen-bond acceptors (Lipinski definition) is 5. The van der Waals surface area contributed by atoms with Crippen molar-refractivity contribution in [3.63, 3.8) is 0 Å². The van der Waals surface area contributed by atoms with Crippen LogP contribution in [-0.4, -0.2) is 29.0 Å². The van der Waals surface area contributed by atoms with Gasteiger partial charge in [-0.1, -0.05) is 0 Å². The smallest absolute Gasteiger partial charge is 0.201 e. The number of rotatable bonds is 2. The van der Waals surface area contributed by atoms with Crippen LogP contribution in [0.15, 0.2) is 30.3 Å². The number of fused-ring (bicyclic) bond motifs is 1. The Morgan fingerprint density at radius 3 is 2.62 bits per heavy atom. The lowest BCUT2D eigenvalue weighted by Crippen LogP contribution is -2.06. The number of phenols is 3. The van der Waals surface area contributed by atoms with Crippen molar-refractivity contribution in [3.05, 3.63) is 41.5 Å². The van der Waals surface area contributed by atoms with Crippen molar-refractivity contribution in [2.45, 2.75) is 0 Å². The van der Waals surface area contributed by atoms with Gasteiger partial charge >= 0.3 is 0 Å². The molecule has 3 rings (SSSR count). The number of benzene rings is 2. The van der Waals surface area contributed by atoms with Gasteiger partial charge in [-0.3, -0.25) is 0 Å². The third-order valence-corrected chi connectivity index (χ3v) is 3.39. The Kier molecular flexibility index (Phi) is 3.10. The van der Waals surface area contributed by atoms with Crippen molar-refractivity contribution in [1.82, 2.24) is 0 Å². The van der Waals surface area contributed by atoms with Crippen molar-refractivity contribution >= 4 is 11.6 Å². The molecule has 0 aliphatic carbocycles. The van der Waals surface area contributed by atoms with Gasteiger partial charge < -0.3 is 24.8 Å². The standard InChI is InChI=1S/C16H14O5/c1-20-13-5-4-12(15(18)16(13)19)10-6-9-2-3-11(17)7-14(9)21-8-10/h2-7,17-19H,8H2,1H3. The van der Waals surface area contributed by atoms with E-state index >= 15 is 0 Å². The van der Waals surface area contributed by atoms with Crippen molar-refractivity contribution in [2.24, 2.45) is 0 Å². The molecule has 1 aliphatic rings. The van der Waals surface area contributed by atoms with E-state index in [1.54, 1.807) is 24.3 Å². The van der Waals surface area contributed by atoms with Crippen LogP contribution >= 0.6 is 0 Å². The average molecular weight is 286 g/mol. The van der Waals surface area contributed by atoms with Crippen molar-refractivity contribution < 1.29 is 24.8 Å². The van der Waals surface area contributed by atoms with E-state index in [-0.39, 0.29) is 29.6 Å². The Morgan fingerprint density at radius 2 is 1.86 bits per heavy atom. The fourth-order valence-electron chi connectivity index (χ4n) is 2.29. The summed E-state index contributed by atoms with van der Waals surface area (Å²) in [5.41, 5.74) is 2.00. The molecule has 0 radical (unpaired) electrons. The Hall–Kier alpha value is -2.82. The van der Waals surface area contributed by atoms with Crippen LogP contribution in [0.25, 0.3) is 11.6 Å². The quantitative estimate of drug-likeness (QED) is 0.740. The van der Waals surface area contributed by atoms with E-state index in [1.165, 1.54) is 13.2 Å². The molecule has 0 amide bonds. The van der Waals surface area contributed by atoms with Crippen molar-refractivity contribution in [1.29, 1.82) is 0 Å². The normalized spacial score (nSPS) is 13.1. The van der Waals surface area contributed by atoms with Crippen LogP contribution in [0.3, 0.4) is 0 Å². The predicted molar refractivity (Wildman–Crippen MR) is 77.8 cm³/mol. The summed E-state index contributed by atoms with van der Waals surface area (Å²) in [4.78, 5) is 0. The van der Waals surface area contributed by atoms with Gasteiger partial charge in [0.25, 0.3) is 0 Å². The topological polar surface area (TPSA) is 79.2 Å². The molecule has 0 spiro atoms. The zero-order chi connectivity index (χ0) is 15.0. The summed E-state index contributed by atoms with van der Waals surface area (Å²) in [7, 11) is 1.42. The molecule has 0 aromatic heterocycles. The molecule has 2 aromatic carbocycles. The first-order valence-corrected chi connectivity index (χ1v) is 6.36. The van der Waals surface area contributed by atoms with Gasteiger partial charge in [-0.25, -0.2) is 0 Å². The highest BCUT2D eigenvalue weighted by Crippen LogP contribution is 2.42. The van der Waals surface area contributed by atoms with Crippen LogP contribution in [0.4, 0.5) is 0 Å². The minimum atomic E-state index is -0.299. The van der Waals surface area contributed by atoms with E-state index < -0.39 is 0 Å². The summed E-state index contributed by atoms with van der Waals surface area (Å²) in [6.07, 6.45) is 1.85. The van der Waals surface area contributed by atoms with E-state index in [2.05, 4.69) is 0 Å². The molecular weight excluding hydrogens is 272 g/mol. The number of hydrogen-bond donors (Lipinski definition) is 3. The zero-order valence-corrected chi connectivity index (χ0v) is 11.3. The van der Waals surface area contributed by atoms with Crippen LogP contribution < -0.4 is 9.47 Å². The highest BCUT2D eigenvalue weighted by Gasteiger charge is 2.19. The Balaban J connectivity index is 2.06. The molecule has 3 N–H and O–H groups in total. The van der Waals surface area contributed by atoms with E-state index in [0.717, 1.165) is 11.1 Å². The predicted octanol–water partition coefficient (Wildman–Crippen LogP) is 2.75. The summed E-state index contributed by atoms with van der Waals surface area (Å²) in [5, 5.41) is 29.4. The van der Waals surface area contributed by atoms with Gasteiger partial charge in [0.1, 0.15) is 18.1 Å². The summed E-state index contributed by atoms with van der Waals surface area (Å²) < 4.78 is 10.5. The highest BCUT2D eigenvalue weighted by molar-refractivity contribution is 5.88. The number of methoxy groups -OCH3 is 1. The fourth-order valence-corrected chi connectivity index (χ4v) is 2.29. The van der Waals surface area contributed by atoms with Gasteiger partial charge in [0.2, 0.25) is 5.75 Å². The van der Waals surface area contributed by atoms with Gasteiger partial charge in [-0.15, -0.1) is 0 Å². The summed E-state index contributed by atoms with van der Waals surface area (Å²) >= 11 is 0. The minimum absolute atomic E-state index is 0.135. The van der Waals surface area contributed by atoms with E-state index in [0.29, 0.717) is 11.3 Å². The average Bonchev–Trinajstić information content (AvgIpc) is 2.49. The molecule has 1 aliphatic heterocycles. The van der Waals surface area contributed by atoms with E-state index in [1.807, 2.05) is 6.08 Å². The SMILES string of the molecule is COc1ccc(C2=Cc3ccc(O)cc3OC2)c(O)c1O. The van der Waals surface area contributed by atoms with Crippen LogP contribution in [0, 0.1) is 0 Å². The lowest BCUT2D eigenvalue weighted by Gasteiger charge is -2.19. The van der Waals surface area contributed by atoms with E-state index in [4.69, 9.17) is 9.47 Å². The third-order valence-electron chi connectivity index (χ3n) is 3.39. The Morgan fingerprint density at radius 1 is 1.05 bits per heavy atom. The first-order valence-electron chi connectivity index (χ1n) is 6.36. The molecular formula is C16H14O5. The molecule has 1 heterocycles. The molecule has 2 aromatic rings. The van der Waals surface area contributed by atoms with Crippen LogP contribution in [0.1, 0.15) is 11.1 Å². The maximum atomic E-state index is 10.1. The van der Waals surface area contributed by atoms with Crippen molar-refractivity contribution in [3.8, 4) is 28.7 Å². The maximum absolute atomic E-state index is 10.1. The molecule has 0 fully saturated rings. The molecule has 0 unspecified atom stereocenters. The molecule has 0 bridgehead atoms. The highest BCUT2D eigenvalue weighted by atomic mass is 16.5. The summed E-state index contributed by atoms with van der Waals surface area (Å²) in [6.45, 7) is 0.232. The number of phenolic OH excluding ortho intramolecular Hbond substituents is 3. The molecule has 0 saturated carbocycles. The zero-order valence-electron chi connectivity index (χ0n) is 11.3. The lowest BCUT2D eigenvalue weighted by molar-refractivity contribution is 0.347. The Labute approximate surface area is 121 Å². The molecule has 5 heteroatoms. The molecule has 0 saturated heterocycles. The molecule has 108 valence electrons. The van der Waals surface area contributed by atoms with Gasteiger partial charge in [0.05, 0.1) is 7.11 Å². The maximum Gasteiger partial charge on any atom is 0.201 e. The van der Waals surface area contributed by atoms with Crippen LogP contribution in [-0.2, 0) is 0 Å². The van der Waals surface area contributed by atoms with Crippen LogP contribution in [0.2, 0.25) is 0 Å². The fraction of sp³-hybridized carbons (Fsp3) is 0.125. The van der Waals surface area contributed by atoms with Gasteiger partial charge in [0.15, 0.2) is 11.5 Å². The van der Waals surface area contributed by atoms with E-state index in [9.17, 15) is 15.3 Å².